The van der Waals surface area contributed by atoms with Gasteiger partial charge in [0.15, 0.2) is 0 Å². The molecule has 0 spiro atoms. The predicted octanol–water partition coefficient (Wildman–Crippen LogP) is 2.97. The Kier molecular flexibility index (Phi) is 6.15. The minimum atomic E-state index is 0.259. The van der Waals surface area contributed by atoms with Crippen molar-refractivity contribution in [2.75, 3.05) is 19.7 Å². The maximum absolute atomic E-state index is 12.3. The van der Waals surface area contributed by atoms with Crippen LogP contribution >= 0.6 is 0 Å². The molecule has 1 aliphatic heterocycles. The summed E-state index contributed by atoms with van der Waals surface area (Å²) in [5, 5.41) is 9.01. The molecule has 1 atom stereocenters. The standard InChI is InChI=1S/C16H29NO2/c18-12-10-15-7-4-11-17(13-15)16(19)9-8-14-5-2-1-3-6-14/h14-15,18H,1-13H2. The maximum Gasteiger partial charge on any atom is 0.222 e. The fourth-order valence-electron chi connectivity index (χ4n) is 3.67. The number of hydrogen-bond donors (Lipinski definition) is 1. The van der Waals surface area contributed by atoms with Gasteiger partial charge in [0.2, 0.25) is 5.91 Å². The summed E-state index contributed by atoms with van der Waals surface area (Å²) in [7, 11) is 0. The number of piperidine rings is 1. The second kappa shape index (κ2) is 7.88. The largest absolute Gasteiger partial charge is 0.396 e. The zero-order chi connectivity index (χ0) is 13.5. The van der Waals surface area contributed by atoms with E-state index in [1.165, 1.54) is 38.5 Å². The molecule has 0 radical (unpaired) electrons. The fraction of sp³-hybridized carbons (Fsp3) is 0.938. The molecule has 3 heteroatoms. The number of rotatable bonds is 5. The fourth-order valence-corrected chi connectivity index (χ4v) is 3.67. The Bertz CT molecular complexity index is 272. The van der Waals surface area contributed by atoms with Crippen LogP contribution < -0.4 is 0 Å². The van der Waals surface area contributed by atoms with E-state index in [-0.39, 0.29) is 6.61 Å². The number of aliphatic hydroxyl groups is 1. The Morgan fingerprint density at radius 2 is 1.74 bits per heavy atom. The van der Waals surface area contributed by atoms with E-state index < -0.39 is 0 Å². The van der Waals surface area contributed by atoms with Crippen LogP contribution in [0, 0.1) is 11.8 Å². The number of carbonyl (C=O) groups is 1. The van der Waals surface area contributed by atoms with Gasteiger partial charge in [-0.1, -0.05) is 32.1 Å². The molecule has 1 heterocycles. The number of likely N-dealkylation sites (tertiary alicyclic amines) is 1. The predicted molar refractivity (Wildman–Crippen MR) is 76.8 cm³/mol. The molecular weight excluding hydrogens is 238 g/mol. The molecule has 1 N–H and O–H groups in total. The van der Waals surface area contributed by atoms with Gasteiger partial charge in [0.25, 0.3) is 0 Å². The summed E-state index contributed by atoms with van der Waals surface area (Å²) in [5.41, 5.74) is 0. The van der Waals surface area contributed by atoms with Crippen molar-refractivity contribution < 1.29 is 9.90 Å². The minimum Gasteiger partial charge on any atom is -0.396 e. The lowest BCUT2D eigenvalue weighted by Crippen LogP contribution is -2.40. The van der Waals surface area contributed by atoms with Gasteiger partial charge >= 0.3 is 0 Å². The third-order valence-electron chi connectivity index (χ3n) is 4.90. The minimum absolute atomic E-state index is 0.259. The molecule has 0 aromatic carbocycles. The molecule has 2 rings (SSSR count). The zero-order valence-corrected chi connectivity index (χ0v) is 12.1. The zero-order valence-electron chi connectivity index (χ0n) is 12.1. The maximum atomic E-state index is 12.3. The van der Waals surface area contributed by atoms with Crippen LogP contribution in [0.15, 0.2) is 0 Å². The van der Waals surface area contributed by atoms with E-state index in [9.17, 15) is 4.79 Å². The van der Waals surface area contributed by atoms with E-state index in [4.69, 9.17) is 5.11 Å². The van der Waals surface area contributed by atoms with Gasteiger partial charge in [0.1, 0.15) is 0 Å². The molecule has 1 saturated carbocycles. The monoisotopic (exact) mass is 267 g/mol. The topological polar surface area (TPSA) is 40.5 Å². The summed E-state index contributed by atoms with van der Waals surface area (Å²) in [6.07, 6.45) is 11.8. The Morgan fingerprint density at radius 1 is 1.00 bits per heavy atom. The normalized spacial score (nSPS) is 25.5. The second-order valence-electron chi connectivity index (χ2n) is 6.40. The average Bonchev–Trinajstić information content (AvgIpc) is 2.46. The number of amides is 1. The molecule has 1 unspecified atom stereocenters. The van der Waals surface area contributed by atoms with Crippen molar-refractivity contribution in [2.45, 2.75) is 64.2 Å². The van der Waals surface area contributed by atoms with Gasteiger partial charge in [-0.05, 0) is 37.5 Å². The van der Waals surface area contributed by atoms with Gasteiger partial charge < -0.3 is 10.0 Å². The van der Waals surface area contributed by atoms with Crippen LogP contribution in [0.1, 0.15) is 64.2 Å². The highest BCUT2D eigenvalue weighted by Crippen LogP contribution is 2.28. The third-order valence-corrected chi connectivity index (χ3v) is 4.90. The van der Waals surface area contributed by atoms with E-state index in [0.717, 1.165) is 44.7 Å². The Morgan fingerprint density at radius 3 is 2.47 bits per heavy atom. The van der Waals surface area contributed by atoms with Gasteiger partial charge in [0, 0.05) is 26.1 Å². The summed E-state index contributed by atoms with van der Waals surface area (Å²) in [6, 6.07) is 0. The quantitative estimate of drug-likeness (QED) is 0.832. The molecule has 2 aliphatic rings. The Hall–Kier alpha value is -0.570. The van der Waals surface area contributed by atoms with Crippen LogP contribution in [0.4, 0.5) is 0 Å². The first-order valence-corrected chi connectivity index (χ1v) is 8.18. The van der Waals surface area contributed by atoms with E-state index in [1.54, 1.807) is 0 Å². The molecule has 2 fully saturated rings. The van der Waals surface area contributed by atoms with Crippen LogP contribution in [-0.2, 0) is 4.79 Å². The van der Waals surface area contributed by atoms with Gasteiger partial charge in [-0.2, -0.15) is 0 Å². The van der Waals surface area contributed by atoms with E-state index in [2.05, 4.69) is 0 Å². The van der Waals surface area contributed by atoms with Crippen molar-refractivity contribution in [3.05, 3.63) is 0 Å². The van der Waals surface area contributed by atoms with Crippen molar-refractivity contribution in [1.29, 1.82) is 0 Å². The first kappa shape index (κ1) is 14.8. The Balaban J connectivity index is 1.69. The van der Waals surface area contributed by atoms with Crippen LogP contribution in [0.25, 0.3) is 0 Å². The molecule has 19 heavy (non-hydrogen) atoms. The van der Waals surface area contributed by atoms with Crippen molar-refractivity contribution in [3.63, 3.8) is 0 Å². The van der Waals surface area contributed by atoms with Gasteiger partial charge in [0.05, 0.1) is 0 Å². The number of aliphatic hydroxyl groups excluding tert-OH is 1. The summed E-state index contributed by atoms with van der Waals surface area (Å²) < 4.78 is 0. The van der Waals surface area contributed by atoms with Crippen molar-refractivity contribution in [3.8, 4) is 0 Å². The highest BCUT2D eigenvalue weighted by atomic mass is 16.3. The first-order valence-electron chi connectivity index (χ1n) is 8.18. The molecule has 1 aliphatic carbocycles. The smallest absolute Gasteiger partial charge is 0.222 e. The van der Waals surface area contributed by atoms with E-state index in [1.807, 2.05) is 4.90 Å². The molecule has 3 nitrogen and oxygen atoms in total. The Labute approximate surface area is 117 Å². The van der Waals surface area contributed by atoms with Crippen LogP contribution in [0.5, 0.6) is 0 Å². The molecule has 110 valence electrons. The highest BCUT2D eigenvalue weighted by Gasteiger charge is 2.24. The molecule has 0 aromatic rings. The van der Waals surface area contributed by atoms with Gasteiger partial charge in [-0.25, -0.2) is 0 Å². The van der Waals surface area contributed by atoms with E-state index in [0.29, 0.717) is 11.8 Å². The van der Waals surface area contributed by atoms with Crippen molar-refractivity contribution in [1.82, 2.24) is 4.90 Å². The van der Waals surface area contributed by atoms with Crippen LogP contribution in [0.2, 0.25) is 0 Å². The van der Waals surface area contributed by atoms with Gasteiger partial charge in [-0.3, -0.25) is 4.79 Å². The van der Waals surface area contributed by atoms with E-state index >= 15 is 0 Å². The number of carbonyl (C=O) groups excluding carboxylic acids is 1. The van der Waals surface area contributed by atoms with Gasteiger partial charge in [-0.15, -0.1) is 0 Å². The molecule has 1 saturated heterocycles. The van der Waals surface area contributed by atoms with Crippen LogP contribution in [0.3, 0.4) is 0 Å². The van der Waals surface area contributed by atoms with Crippen molar-refractivity contribution >= 4 is 5.91 Å². The lowest BCUT2D eigenvalue weighted by molar-refractivity contribution is -0.133. The first-order chi connectivity index (χ1) is 9.29. The molecule has 0 aromatic heterocycles. The second-order valence-corrected chi connectivity index (χ2v) is 6.40. The summed E-state index contributed by atoms with van der Waals surface area (Å²) in [5.74, 6) is 1.68. The SMILES string of the molecule is O=C(CCC1CCCCC1)N1CCCC(CCO)C1. The average molecular weight is 267 g/mol. The molecule has 0 bridgehead atoms. The summed E-state index contributed by atoms with van der Waals surface area (Å²) in [4.78, 5) is 14.3. The third kappa shape index (κ3) is 4.79. The highest BCUT2D eigenvalue weighted by molar-refractivity contribution is 5.76. The lowest BCUT2D eigenvalue weighted by atomic mass is 9.86. The summed E-state index contributed by atoms with van der Waals surface area (Å²) in [6.45, 7) is 2.07. The molecule has 1 amide bonds. The van der Waals surface area contributed by atoms with Crippen LogP contribution in [-0.4, -0.2) is 35.6 Å². The lowest BCUT2D eigenvalue weighted by Gasteiger charge is -2.33. The summed E-state index contributed by atoms with van der Waals surface area (Å²) >= 11 is 0. The molecular formula is C16H29NO2. The van der Waals surface area contributed by atoms with Crippen molar-refractivity contribution in [2.24, 2.45) is 11.8 Å². The number of hydrogen-bond acceptors (Lipinski definition) is 2. The number of nitrogens with zero attached hydrogens (tertiary/aromatic N) is 1.